The fourth-order valence-corrected chi connectivity index (χ4v) is 3.14. The summed E-state index contributed by atoms with van der Waals surface area (Å²) < 4.78 is 5.32. The van der Waals surface area contributed by atoms with Gasteiger partial charge in [-0.3, -0.25) is 24.6 Å². The molecule has 0 saturated carbocycles. The van der Waals surface area contributed by atoms with E-state index < -0.39 is 10.8 Å². The zero-order chi connectivity index (χ0) is 21.7. The second-order valence-corrected chi connectivity index (χ2v) is 7.10. The largest absolute Gasteiger partial charge is 0.482 e. The van der Waals surface area contributed by atoms with Gasteiger partial charge in [0.1, 0.15) is 12.3 Å². The molecule has 1 aliphatic rings. The Hall–Kier alpha value is -3.46. The van der Waals surface area contributed by atoms with Crippen molar-refractivity contribution in [2.75, 3.05) is 31.6 Å². The van der Waals surface area contributed by atoms with Crippen molar-refractivity contribution in [3.8, 4) is 5.75 Å². The molecule has 1 aliphatic heterocycles. The Kier molecular flexibility index (Phi) is 6.63. The Morgan fingerprint density at radius 3 is 2.77 bits per heavy atom. The summed E-state index contributed by atoms with van der Waals surface area (Å²) in [7, 11) is 2.04. The number of nitro benzene ring substituents is 1. The summed E-state index contributed by atoms with van der Waals surface area (Å²) in [6.07, 6.45) is 0. The first kappa shape index (κ1) is 21.3. The molecule has 158 valence electrons. The molecule has 1 heterocycles. The predicted molar refractivity (Wildman–Crippen MR) is 111 cm³/mol. The Labute approximate surface area is 174 Å². The van der Waals surface area contributed by atoms with Crippen LogP contribution in [0.5, 0.6) is 5.75 Å². The van der Waals surface area contributed by atoms with Crippen LogP contribution in [0.15, 0.2) is 42.5 Å². The number of fused-ring (bicyclic) bond motifs is 1. The first-order valence-corrected chi connectivity index (χ1v) is 9.62. The predicted octanol–water partition coefficient (Wildman–Crippen LogP) is 2.09. The van der Waals surface area contributed by atoms with Gasteiger partial charge in [-0.2, -0.15) is 0 Å². The van der Waals surface area contributed by atoms with Gasteiger partial charge >= 0.3 is 0 Å². The quantitative estimate of drug-likeness (QED) is 0.526. The average molecular weight is 412 g/mol. The highest BCUT2D eigenvalue weighted by molar-refractivity contribution is 6.02. The highest BCUT2D eigenvalue weighted by atomic mass is 16.6. The molecule has 0 bridgehead atoms. The van der Waals surface area contributed by atoms with Gasteiger partial charge in [-0.25, -0.2) is 0 Å². The number of amides is 2. The van der Waals surface area contributed by atoms with Crippen LogP contribution in [0.1, 0.15) is 18.1 Å². The fourth-order valence-electron chi connectivity index (χ4n) is 3.14. The third-order valence-corrected chi connectivity index (χ3v) is 4.87. The van der Waals surface area contributed by atoms with E-state index in [0.29, 0.717) is 12.3 Å². The van der Waals surface area contributed by atoms with Crippen LogP contribution in [-0.4, -0.2) is 48.4 Å². The maximum absolute atomic E-state index is 12.5. The minimum absolute atomic E-state index is 0.175. The Bertz CT molecular complexity index is 962. The van der Waals surface area contributed by atoms with E-state index in [1.54, 1.807) is 0 Å². The molecule has 1 N–H and O–H groups in total. The molecule has 2 aromatic carbocycles. The number of nitrogens with one attached hydrogen (secondary N) is 1. The van der Waals surface area contributed by atoms with Gasteiger partial charge in [0.15, 0.2) is 6.61 Å². The summed E-state index contributed by atoms with van der Waals surface area (Å²) in [4.78, 5) is 38.6. The van der Waals surface area contributed by atoms with E-state index in [1.165, 1.54) is 23.1 Å². The van der Waals surface area contributed by atoms with E-state index in [-0.39, 0.29) is 30.4 Å². The number of benzene rings is 2. The number of ether oxygens (including phenoxy) is 1. The van der Waals surface area contributed by atoms with Crippen molar-refractivity contribution < 1.29 is 19.2 Å². The van der Waals surface area contributed by atoms with Crippen LogP contribution in [0.4, 0.5) is 11.4 Å². The van der Waals surface area contributed by atoms with Crippen molar-refractivity contribution in [1.29, 1.82) is 0 Å². The Morgan fingerprint density at radius 1 is 1.27 bits per heavy atom. The monoisotopic (exact) mass is 412 g/mol. The summed E-state index contributed by atoms with van der Waals surface area (Å²) in [5.74, 6) is -0.456. The van der Waals surface area contributed by atoms with Crippen molar-refractivity contribution in [2.45, 2.75) is 20.0 Å². The third kappa shape index (κ3) is 5.12. The second-order valence-electron chi connectivity index (χ2n) is 7.10. The molecule has 0 aromatic heterocycles. The molecule has 0 unspecified atom stereocenters. The molecule has 0 atom stereocenters. The molecule has 0 fully saturated rings. The summed E-state index contributed by atoms with van der Waals surface area (Å²) in [5, 5.41) is 13.9. The van der Waals surface area contributed by atoms with Crippen molar-refractivity contribution in [3.63, 3.8) is 0 Å². The molecule has 0 spiro atoms. The van der Waals surface area contributed by atoms with Crippen LogP contribution in [0.25, 0.3) is 0 Å². The van der Waals surface area contributed by atoms with E-state index in [9.17, 15) is 19.7 Å². The average Bonchev–Trinajstić information content (AvgIpc) is 2.74. The first-order chi connectivity index (χ1) is 14.4. The number of nitrogens with zero attached hydrogens (tertiary/aromatic N) is 3. The zero-order valence-corrected chi connectivity index (χ0v) is 17.0. The summed E-state index contributed by atoms with van der Waals surface area (Å²) in [5.41, 5.74) is 2.15. The Balaban J connectivity index is 1.66. The summed E-state index contributed by atoms with van der Waals surface area (Å²) in [6, 6.07) is 11.9. The lowest BCUT2D eigenvalue weighted by atomic mass is 10.1. The van der Waals surface area contributed by atoms with Gasteiger partial charge in [-0.15, -0.1) is 0 Å². The van der Waals surface area contributed by atoms with Gasteiger partial charge in [0.2, 0.25) is 5.91 Å². The molecule has 3 rings (SSSR count). The minimum atomic E-state index is -0.555. The van der Waals surface area contributed by atoms with Gasteiger partial charge in [0.05, 0.1) is 10.6 Å². The van der Waals surface area contributed by atoms with Crippen molar-refractivity contribution in [1.82, 2.24) is 10.2 Å². The van der Waals surface area contributed by atoms with E-state index in [0.717, 1.165) is 24.2 Å². The van der Waals surface area contributed by atoms with Crippen LogP contribution in [0.3, 0.4) is 0 Å². The number of rotatable bonds is 8. The smallest absolute Gasteiger partial charge is 0.271 e. The SMILES string of the molecule is CCN(C)Cc1cccc(CNC(=O)CN2C(=O)COc3ccc([N+](=O)[O-])cc32)c1. The van der Waals surface area contributed by atoms with Crippen LogP contribution < -0.4 is 15.0 Å². The van der Waals surface area contributed by atoms with Gasteiger partial charge in [-0.1, -0.05) is 31.2 Å². The molecule has 0 radical (unpaired) electrons. The molecule has 2 amide bonds. The number of carbonyl (C=O) groups is 2. The van der Waals surface area contributed by atoms with E-state index >= 15 is 0 Å². The zero-order valence-electron chi connectivity index (χ0n) is 17.0. The third-order valence-electron chi connectivity index (χ3n) is 4.87. The molecule has 0 aliphatic carbocycles. The van der Waals surface area contributed by atoms with Crippen molar-refractivity contribution in [3.05, 3.63) is 63.7 Å². The second kappa shape index (κ2) is 9.36. The fraction of sp³-hybridized carbons (Fsp3) is 0.333. The number of hydrogen-bond acceptors (Lipinski definition) is 6. The molecule has 9 heteroatoms. The van der Waals surface area contributed by atoms with E-state index in [2.05, 4.69) is 17.1 Å². The van der Waals surface area contributed by atoms with Gasteiger partial charge < -0.3 is 15.0 Å². The topological polar surface area (TPSA) is 105 Å². The number of nitro groups is 1. The first-order valence-electron chi connectivity index (χ1n) is 9.62. The van der Waals surface area contributed by atoms with Crippen LogP contribution >= 0.6 is 0 Å². The number of carbonyl (C=O) groups excluding carboxylic acids is 2. The van der Waals surface area contributed by atoms with Gasteiger partial charge in [0, 0.05) is 25.2 Å². The summed E-state index contributed by atoms with van der Waals surface area (Å²) in [6.45, 7) is 3.70. The highest BCUT2D eigenvalue weighted by Gasteiger charge is 2.29. The lowest BCUT2D eigenvalue weighted by Crippen LogP contribution is -2.45. The minimum Gasteiger partial charge on any atom is -0.482 e. The number of non-ortho nitro benzene ring substituents is 1. The lowest BCUT2D eigenvalue weighted by molar-refractivity contribution is -0.384. The molecular weight excluding hydrogens is 388 g/mol. The van der Waals surface area contributed by atoms with Gasteiger partial charge in [-0.05, 0) is 30.8 Å². The van der Waals surface area contributed by atoms with Crippen LogP contribution in [-0.2, 0) is 22.7 Å². The molecular formula is C21H24N4O5. The molecule has 30 heavy (non-hydrogen) atoms. The highest BCUT2D eigenvalue weighted by Crippen LogP contribution is 2.35. The molecule has 9 nitrogen and oxygen atoms in total. The van der Waals surface area contributed by atoms with Crippen LogP contribution in [0, 0.1) is 10.1 Å². The van der Waals surface area contributed by atoms with Gasteiger partial charge in [0.25, 0.3) is 11.6 Å². The molecule has 2 aromatic rings. The maximum atomic E-state index is 12.5. The van der Waals surface area contributed by atoms with Crippen LogP contribution in [0.2, 0.25) is 0 Å². The van der Waals surface area contributed by atoms with E-state index in [4.69, 9.17) is 4.74 Å². The standard InChI is InChI=1S/C21H24N4O5/c1-3-23(2)12-16-6-4-5-15(9-16)11-22-20(26)13-24-18-10-17(25(28)29)7-8-19(18)30-14-21(24)27/h4-10H,3,11-14H2,1-2H3,(H,22,26). The summed E-state index contributed by atoms with van der Waals surface area (Å²) >= 11 is 0. The van der Waals surface area contributed by atoms with E-state index in [1.807, 2.05) is 31.3 Å². The number of anilines is 1. The molecule has 0 saturated heterocycles. The van der Waals surface area contributed by atoms with Crippen molar-refractivity contribution >= 4 is 23.2 Å². The Morgan fingerprint density at radius 2 is 2.03 bits per heavy atom. The normalized spacial score (nSPS) is 13.0. The maximum Gasteiger partial charge on any atom is 0.271 e. The lowest BCUT2D eigenvalue weighted by Gasteiger charge is -2.28. The van der Waals surface area contributed by atoms with Crippen molar-refractivity contribution in [2.24, 2.45) is 0 Å². The number of hydrogen-bond donors (Lipinski definition) is 1.